The molecule has 2 aromatic rings. The third-order valence-corrected chi connectivity index (χ3v) is 2.62. The van der Waals surface area contributed by atoms with Gasteiger partial charge in [-0.1, -0.05) is 18.2 Å². The summed E-state index contributed by atoms with van der Waals surface area (Å²) in [5.41, 5.74) is 7.88. The Hall–Kier alpha value is -1.61. The van der Waals surface area contributed by atoms with Crippen molar-refractivity contribution in [2.75, 3.05) is 25.5 Å². The van der Waals surface area contributed by atoms with Crippen LogP contribution in [0.1, 0.15) is 5.56 Å². The molecule has 0 saturated heterocycles. The second-order valence-electron chi connectivity index (χ2n) is 4.10. The molecule has 0 fully saturated rings. The smallest absolute Gasteiger partial charge is 0.132 e. The molecule has 2 N–H and O–H groups in total. The Morgan fingerprint density at radius 1 is 1.25 bits per heavy atom. The molecule has 0 saturated carbocycles. The molecule has 0 amide bonds. The normalized spacial score (nSPS) is 10.7. The van der Waals surface area contributed by atoms with Gasteiger partial charge >= 0.3 is 0 Å². The van der Waals surface area contributed by atoms with Gasteiger partial charge in [0.25, 0.3) is 0 Å². The lowest BCUT2D eigenvalue weighted by molar-refractivity contribution is 0.942. The summed E-state index contributed by atoms with van der Waals surface area (Å²) in [5, 5.41) is 1.18. The Kier molecular flexibility index (Phi) is 3.06. The van der Waals surface area contributed by atoms with Crippen LogP contribution in [0.5, 0.6) is 0 Å². The summed E-state index contributed by atoms with van der Waals surface area (Å²) in [7, 11) is 4.02. The van der Waals surface area contributed by atoms with Crippen molar-refractivity contribution in [2.45, 2.75) is 6.42 Å². The molecular weight excluding hydrogens is 198 g/mol. The zero-order valence-corrected chi connectivity index (χ0v) is 9.77. The van der Waals surface area contributed by atoms with Crippen molar-refractivity contribution in [1.82, 2.24) is 4.98 Å². The fraction of sp³-hybridized carbons (Fsp3) is 0.308. The number of pyridine rings is 1. The predicted octanol–water partition coefficient (Wildman–Crippen LogP) is 1.80. The second-order valence-corrected chi connectivity index (χ2v) is 4.10. The minimum absolute atomic E-state index is 0.654. The number of nitrogens with two attached hydrogens (primary N) is 1. The lowest BCUT2D eigenvalue weighted by Crippen LogP contribution is -2.15. The molecule has 0 bridgehead atoms. The number of hydrogen-bond donors (Lipinski definition) is 1. The van der Waals surface area contributed by atoms with Gasteiger partial charge in [-0.3, -0.25) is 0 Å². The summed E-state index contributed by atoms with van der Waals surface area (Å²) in [5.74, 6) is 1.02. The van der Waals surface area contributed by atoms with Gasteiger partial charge in [0, 0.05) is 19.5 Å². The quantitative estimate of drug-likeness (QED) is 0.849. The molecule has 0 aliphatic carbocycles. The summed E-state index contributed by atoms with van der Waals surface area (Å²) in [6.07, 6.45) is 0.866. The van der Waals surface area contributed by atoms with Crippen LogP contribution in [0.25, 0.3) is 10.9 Å². The van der Waals surface area contributed by atoms with E-state index in [4.69, 9.17) is 5.73 Å². The molecule has 1 heterocycles. The number of fused-ring (bicyclic) bond motifs is 1. The average molecular weight is 215 g/mol. The molecular formula is C13H17N3. The van der Waals surface area contributed by atoms with Gasteiger partial charge in [0.05, 0.1) is 5.52 Å². The number of aromatic nitrogens is 1. The topological polar surface area (TPSA) is 42.2 Å². The van der Waals surface area contributed by atoms with Crippen LogP contribution < -0.4 is 10.6 Å². The van der Waals surface area contributed by atoms with E-state index in [1.807, 2.05) is 37.2 Å². The van der Waals surface area contributed by atoms with Gasteiger partial charge in [-0.15, -0.1) is 0 Å². The minimum Gasteiger partial charge on any atom is -0.362 e. The van der Waals surface area contributed by atoms with Crippen molar-refractivity contribution in [1.29, 1.82) is 0 Å². The Labute approximate surface area is 95.9 Å². The lowest BCUT2D eigenvalue weighted by Gasteiger charge is -2.16. The van der Waals surface area contributed by atoms with Crippen LogP contribution in [0.15, 0.2) is 30.3 Å². The Balaban J connectivity index is 2.61. The van der Waals surface area contributed by atoms with E-state index in [9.17, 15) is 0 Å². The summed E-state index contributed by atoms with van der Waals surface area (Å²) in [6.45, 7) is 0.654. The molecule has 1 aromatic carbocycles. The molecule has 3 heteroatoms. The molecule has 0 aliphatic rings. The zero-order valence-electron chi connectivity index (χ0n) is 9.77. The monoisotopic (exact) mass is 215 g/mol. The molecule has 0 spiro atoms. The molecule has 16 heavy (non-hydrogen) atoms. The van der Waals surface area contributed by atoms with Gasteiger partial charge < -0.3 is 10.6 Å². The van der Waals surface area contributed by atoms with Gasteiger partial charge in [-0.2, -0.15) is 0 Å². The Morgan fingerprint density at radius 3 is 2.69 bits per heavy atom. The molecule has 0 radical (unpaired) electrons. The summed E-state index contributed by atoms with van der Waals surface area (Å²) in [6, 6.07) is 10.4. The highest BCUT2D eigenvalue weighted by Crippen LogP contribution is 2.22. The van der Waals surface area contributed by atoms with E-state index in [1.165, 1.54) is 10.9 Å². The van der Waals surface area contributed by atoms with Crippen LogP contribution in [0, 0.1) is 0 Å². The van der Waals surface area contributed by atoms with E-state index in [0.717, 1.165) is 17.8 Å². The second kappa shape index (κ2) is 4.49. The summed E-state index contributed by atoms with van der Waals surface area (Å²) in [4.78, 5) is 6.70. The molecule has 0 atom stereocenters. The highest BCUT2D eigenvalue weighted by Gasteiger charge is 2.07. The Bertz CT molecular complexity index is 492. The number of nitrogens with zero attached hydrogens (tertiary/aromatic N) is 2. The molecule has 0 aliphatic heterocycles. The number of anilines is 1. The first kappa shape index (κ1) is 10.9. The fourth-order valence-corrected chi connectivity index (χ4v) is 1.88. The maximum Gasteiger partial charge on any atom is 0.132 e. The third kappa shape index (κ3) is 1.99. The lowest BCUT2D eigenvalue weighted by atomic mass is 10.1. The van der Waals surface area contributed by atoms with Crippen LogP contribution in [0.4, 0.5) is 5.82 Å². The first-order chi connectivity index (χ1) is 7.72. The van der Waals surface area contributed by atoms with Crippen molar-refractivity contribution >= 4 is 16.7 Å². The predicted molar refractivity (Wildman–Crippen MR) is 68.8 cm³/mol. The van der Waals surface area contributed by atoms with Crippen LogP contribution in [-0.2, 0) is 6.42 Å². The van der Waals surface area contributed by atoms with Gasteiger partial charge in [0.1, 0.15) is 5.82 Å². The van der Waals surface area contributed by atoms with E-state index >= 15 is 0 Å². The SMILES string of the molecule is CN(C)c1nc2ccccc2cc1CCN. The van der Waals surface area contributed by atoms with Gasteiger partial charge in [0.2, 0.25) is 0 Å². The first-order valence-corrected chi connectivity index (χ1v) is 5.48. The van der Waals surface area contributed by atoms with E-state index in [0.29, 0.717) is 6.54 Å². The van der Waals surface area contributed by atoms with Crippen molar-refractivity contribution in [2.24, 2.45) is 5.73 Å². The summed E-state index contributed by atoms with van der Waals surface area (Å²) < 4.78 is 0. The Morgan fingerprint density at radius 2 is 2.00 bits per heavy atom. The number of hydrogen-bond acceptors (Lipinski definition) is 3. The molecule has 1 aromatic heterocycles. The first-order valence-electron chi connectivity index (χ1n) is 5.48. The average Bonchev–Trinajstić information content (AvgIpc) is 2.28. The summed E-state index contributed by atoms with van der Waals surface area (Å²) >= 11 is 0. The molecule has 3 nitrogen and oxygen atoms in total. The van der Waals surface area contributed by atoms with E-state index in [2.05, 4.69) is 17.1 Å². The fourth-order valence-electron chi connectivity index (χ4n) is 1.88. The van der Waals surface area contributed by atoms with Gasteiger partial charge in [-0.05, 0) is 30.7 Å². The highest BCUT2D eigenvalue weighted by molar-refractivity contribution is 5.81. The maximum absolute atomic E-state index is 5.63. The minimum atomic E-state index is 0.654. The van der Waals surface area contributed by atoms with Crippen LogP contribution in [0.3, 0.4) is 0 Å². The van der Waals surface area contributed by atoms with E-state index < -0.39 is 0 Å². The van der Waals surface area contributed by atoms with E-state index in [1.54, 1.807) is 0 Å². The van der Waals surface area contributed by atoms with Crippen molar-refractivity contribution < 1.29 is 0 Å². The number of benzene rings is 1. The molecule has 84 valence electrons. The number of para-hydroxylation sites is 1. The van der Waals surface area contributed by atoms with Crippen LogP contribution in [0.2, 0.25) is 0 Å². The number of rotatable bonds is 3. The van der Waals surface area contributed by atoms with Gasteiger partial charge in [0.15, 0.2) is 0 Å². The highest BCUT2D eigenvalue weighted by atomic mass is 15.1. The molecule has 2 rings (SSSR count). The van der Waals surface area contributed by atoms with Crippen molar-refractivity contribution in [3.05, 3.63) is 35.9 Å². The van der Waals surface area contributed by atoms with Gasteiger partial charge in [-0.25, -0.2) is 4.98 Å². The van der Waals surface area contributed by atoms with Crippen LogP contribution in [-0.4, -0.2) is 25.6 Å². The standard InChI is InChI=1S/C13H17N3/c1-16(2)13-11(7-8-14)9-10-5-3-4-6-12(10)15-13/h3-6,9H,7-8,14H2,1-2H3. The van der Waals surface area contributed by atoms with Crippen LogP contribution >= 0.6 is 0 Å². The van der Waals surface area contributed by atoms with Crippen molar-refractivity contribution in [3.8, 4) is 0 Å². The van der Waals surface area contributed by atoms with Crippen molar-refractivity contribution in [3.63, 3.8) is 0 Å². The zero-order chi connectivity index (χ0) is 11.5. The van der Waals surface area contributed by atoms with E-state index in [-0.39, 0.29) is 0 Å². The maximum atomic E-state index is 5.63. The molecule has 0 unspecified atom stereocenters. The third-order valence-electron chi connectivity index (χ3n) is 2.62. The largest absolute Gasteiger partial charge is 0.362 e.